The molecule has 3 N–H and O–H groups in total. The molecule has 0 radical (unpaired) electrons. The van der Waals surface area contributed by atoms with E-state index in [1.807, 2.05) is 42.8 Å². The first-order chi connectivity index (χ1) is 12.2. The fraction of sp³-hybridized carbons (Fsp3) is 0.235. The minimum atomic E-state index is 0.491. The second-order valence-corrected chi connectivity index (χ2v) is 6.21. The molecule has 0 bridgehead atoms. The van der Waals surface area contributed by atoms with Crippen molar-refractivity contribution < 1.29 is 4.74 Å². The van der Waals surface area contributed by atoms with Gasteiger partial charge in [0.25, 0.3) is 0 Å². The molecule has 7 nitrogen and oxygen atoms in total. The van der Waals surface area contributed by atoms with Crippen LogP contribution in [0.25, 0.3) is 4.85 Å². The fourth-order valence-corrected chi connectivity index (χ4v) is 2.85. The summed E-state index contributed by atoms with van der Waals surface area (Å²) in [7, 11) is 0. The van der Waals surface area contributed by atoms with Gasteiger partial charge in [0.05, 0.1) is 6.57 Å². The van der Waals surface area contributed by atoms with Crippen molar-refractivity contribution in [2.45, 2.75) is 13.8 Å². The van der Waals surface area contributed by atoms with Crippen LogP contribution in [0.2, 0.25) is 0 Å². The molecular weight excluding hydrogens is 336 g/mol. The van der Waals surface area contributed by atoms with Crippen LogP contribution in [-0.4, -0.2) is 28.3 Å². The zero-order valence-corrected chi connectivity index (χ0v) is 14.8. The van der Waals surface area contributed by atoms with Crippen LogP contribution in [0.5, 0.6) is 5.75 Å². The van der Waals surface area contributed by atoms with Crippen molar-refractivity contribution in [1.29, 1.82) is 0 Å². The second-order valence-electron chi connectivity index (χ2n) is 5.43. The van der Waals surface area contributed by atoms with Gasteiger partial charge in [-0.05, 0) is 36.9 Å². The lowest BCUT2D eigenvalue weighted by Crippen LogP contribution is -2.13. The Bertz CT molecular complexity index is 881. The minimum Gasteiger partial charge on any atom is -0.491 e. The zero-order chi connectivity index (χ0) is 17.6. The monoisotopic (exact) mass is 354 g/mol. The number of ether oxygens (including phenoxy) is 1. The van der Waals surface area contributed by atoms with Gasteiger partial charge in [-0.15, -0.1) is 11.3 Å². The molecule has 0 saturated heterocycles. The first-order valence-electron chi connectivity index (χ1n) is 7.72. The van der Waals surface area contributed by atoms with Gasteiger partial charge in [-0.2, -0.15) is 5.10 Å². The molecule has 0 amide bonds. The van der Waals surface area contributed by atoms with Gasteiger partial charge in [0.2, 0.25) is 5.69 Å². The maximum Gasteiger partial charge on any atom is 0.231 e. The van der Waals surface area contributed by atoms with Crippen LogP contribution >= 0.6 is 11.3 Å². The van der Waals surface area contributed by atoms with Gasteiger partial charge in [0.1, 0.15) is 24.0 Å². The van der Waals surface area contributed by atoms with Gasteiger partial charge in [0.15, 0.2) is 5.82 Å². The highest BCUT2D eigenvalue weighted by molar-refractivity contribution is 7.08. The predicted octanol–water partition coefficient (Wildman–Crippen LogP) is 4.27. The average molecular weight is 354 g/mol. The van der Waals surface area contributed by atoms with Crippen molar-refractivity contribution >= 4 is 34.5 Å². The lowest BCUT2D eigenvalue weighted by molar-refractivity contribution is 0.334. The molecule has 25 heavy (non-hydrogen) atoms. The number of anilines is 3. The van der Waals surface area contributed by atoms with E-state index < -0.39 is 0 Å². The molecule has 3 rings (SSSR count). The second kappa shape index (κ2) is 7.68. The number of aromatic amines is 1. The predicted molar refractivity (Wildman–Crippen MR) is 100 cm³/mol. The standard InChI is InChI=1S/C17H18N6OS/c1-11-8-14(20-15-9-12(2)22-23-15)21-17(16(11)18-3)19-5-6-24-13-4-7-25-10-13/h4,7-10H,5-6H2,1-2H3,(H3,19,20,21,22,23). The van der Waals surface area contributed by atoms with Crippen LogP contribution in [-0.2, 0) is 0 Å². The maximum absolute atomic E-state index is 7.39. The molecule has 8 heteroatoms. The number of nitrogens with zero attached hydrogens (tertiary/aromatic N) is 3. The third-order valence-corrected chi connectivity index (χ3v) is 4.08. The van der Waals surface area contributed by atoms with Crippen molar-refractivity contribution in [3.63, 3.8) is 0 Å². The van der Waals surface area contributed by atoms with Crippen LogP contribution in [0, 0.1) is 20.4 Å². The summed E-state index contributed by atoms with van der Waals surface area (Å²) < 4.78 is 5.61. The number of hydrogen-bond donors (Lipinski definition) is 3. The molecule has 3 aromatic rings. The van der Waals surface area contributed by atoms with Crippen LogP contribution < -0.4 is 15.4 Å². The zero-order valence-electron chi connectivity index (χ0n) is 14.0. The molecule has 0 spiro atoms. The van der Waals surface area contributed by atoms with Crippen molar-refractivity contribution in [3.8, 4) is 5.75 Å². The van der Waals surface area contributed by atoms with E-state index in [4.69, 9.17) is 11.3 Å². The number of H-pyrrole nitrogens is 1. The Labute approximate surface area is 149 Å². The minimum absolute atomic E-state index is 0.491. The van der Waals surface area contributed by atoms with E-state index >= 15 is 0 Å². The third kappa shape index (κ3) is 4.28. The van der Waals surface area contributed by atoms with Gasteiger partial charge in [-0.1, -0.05) is 0 Å². The summed E-state index contributed by atoms with van der Waals surface area (Å²) in [5.74, 6) is 2.72. The molecule has 0 atom stereocenters. The first kappa shape index (κ1) is 16.8. The Balaban J connectivity index is 1.69. The third-order valence-electron chi connectivity index (χ3n) is 3.42. The molecule has 3 heterocycles. The quantitative estimate of drug-likeness (QED) is 0.436. The molecule has 0 saturated carbocycles. The number of aryl methyl sites for hydroxylation is 2. The highest BCUT2D eigenvalue weighted by Gasteiger charge is 2.11. The van der Waals surface area contributed by atoms with E-state index in [9.17, 15) is 0 Å². The summed E-state index contributed by atoms with van der Waals surface area (Å²) >= 11 is 1.59. The number of pyridine rings is 1. The molecule has 0 unspecified atom stereocenters. The molecule has 128 valence electrons. The number of hydrogen-bond acceptors (Lipinski definition) is 6. The molecule has 0 fully saturated rings. The van der Waals surface area contributed by atoms with Gasteiger partial charge < -0.3 is 15.4 Å². The molecular formula is C17H18N6OS. The highest BCUT2D eigenvalue weighted by Crippen LogP contribution is 2.30. The Morgan fingerprint density at radius 3 is 2.88 bits per heavy atom. The average Bonchev–Trinajstić information content (AvgIpc) is 3.23. The van der Waals surface area contributed by atoms with Crippen molar-refractivity contribution in [2.24, 2.45) is 0 Å². The molecule has 0 aliphatic heterocycles. The van der Waals surface area contributed by atoms with E-state index in [1.165, 1.54) is 0 Å². The van der Waals surface area contributed by atoms with Gasteiger partial charge in [-0.25, -0.2) is 9.83 Å². The topological polar surface area (TPSA) is 79.2 Å². The molecule has 3 aromatic heterocycles. The number of thiophene rings is 1. The van der Waals surface area contributed by atoms with Crippen LogP contribution in [0.3, 0.4) is 0 Å². The van der Waals surface area contributed by atoms with Crippen molar-refractivity contribution in [1.82, 2.24) is 15.2 Å². The van der Waals surface area contributed by atoms with Crippen LogP contribution in [0.1, 0.15) is 11.3 Å². The first-order valence-corrected chi connectivity index (χ1v) is 8.67. The van der Waals surface area contributed by atoms with Gasteiger partial charge in [0, 0.05) is 23.7 Å². The maximum atomic E-state index is 7.39. The SMILES string of the molecule is [C-]#[N+]c1c(C)cc(Nc2cc(C)[nH]n2)nc1NCCOc1ccsc1. The molecule has 0 aliphatic carbocycles. The van der Waals surface area contributed by atoms with E-state index in [0.29, 0.717) is 36.3 Å². The number of rotatable bonds is 7. The molecule has 0 aliphatic rings. The largest absolute Gasteiger partial charge is 0.491 e. The van der Waals surface area contributed by atoms with E-state index in [2.05, 4.69) is 30.7 Å². The van der Waals surface area contributed by atoms with Gasteiger partial charge in [-0.3, -0.25) is 5.10 Å². The Kier molecular flexibility index (Phi) is 5.16. The normalized spacial score (nSPS) is 10.3. The Morgan fingerprint density at radius 1 is 1.32 bits per heavy atom. The number of nitrogens with one attached hydrogen (secondary N) is 3. The number of aromatic nitrogens is 3. The highest BCUT2D eigenvalue weighted by atomic mass is 32.1. The van der Waals surface area contributed by atoms with Crippen molar-refractivity contribution in [3.05, 3.63) is 51.6 Å². The summed E-state index contributed by atoms with van der Waals surface area (Å²) in [5.41, 5.74) is 2.32. The van der Waals surface area contributed by atoms with Crippen molar-refractivity contribution in [2.75, 3.05) is 23.8 Å². The fourth-order valence-electron chi connectivity index (χ4n) is 2.28. The summed E-state index contributed by atoms with van der Waals surface area (Å²) in [6.07, 6.45) is 0. The summed E-state index contributed by atoms with van der Waals surface area (Å²) in [6, 6.07) is 5.65. The van der Waals surface area contributed by atoms with Crippen LogP contribution in [0.15, 0.2) is 29.0 Å². The summed E-state index contributed by atoms with van der Waals surface area (Å²) in [5, 5.41) is 17.3. The summed E-state index contributed by atoms with van der Waals surface area (Å²) in [6.45, 7) is 12.3. The lowest BCUT2D eigenvalue weighted by atomic mass is 10.2. The van der Waals surface area contributed by atoms with Gasteiger partial charge >= 0.3 is 0 Å². The lowest BCUT2D eigenvalue weighted by Gasteiger charge is -2.12. The van der Waals surface area contributed by atoms with E-state index in [-0.39, 0.29) is 0 Å². The Hall–Kier alpha value is -3.05. The van der Waals surface area contributed by atoms with E-state index in [0.717, 1.165) is 17.0 Å². The van der Waals surface area contributed by atoms with Crippen LogP contribution in [0.4, 0.5) is 23.1 Å². The Morgan fingerprint density at radius 2 is 2.20 bits per heavy atom. The smallest absolute Gasteiger partial charge is 0.231 e. The summed E-state index contributed by atoms with van der Waals surface area (Å²) in [4.78, 5) is 8.09. The molecule has 0 aromatic carbocycles. The van der Waals surface area contributed by atoms with E-state index in [1.54, 1.807) is 11.3 Å².